The highest BCUT2D eigenvalue weighted by molar-refractivity contribution is 6.33. The fourth-order valence-corrected chi connectivity index (χ4v) is 3.69. The first-order valence-electron chi connectivity index (χ1n) is 9.36. The van der Waals surface area contributed by atoms with E-state index in [4.69, 9.17) is 21.3 Å². The van der Waals surface area contributed by atoms with E-state index in [2.05, 4.69) is 14.9 Å². The second-order valence-corrected chi connectivity index (χ2v) is 7.87. The molecule has 0 radical (unpaired) electrons. The van der Waals surface area contributed by atoms with Crippen molar-refractivity contribution >= 4 is 45.9 Å². The van der Waals surface area contributed by atoms with E-state index in [1.807, 2.05) is 30.6 Å². The quantitative estimate of drug-likeness (QED) is 0.720. The monoisotopic (exact) mass is 397 g/mol. The minimum atomic E-state index is -0.511. The van der Waals surface area contributed by atoms with Gasteiger partial charge < -0.3 is 19.5 Å². The molecule has 1 aliphatic heterocycles. The molecule has 1 unspecified atom stereocenters. The van der Waals surface area contributed by atoms with E-state index in [0.717, 1.165) is 35.0 Å². The first-order chi connectivity index (χ1) is 13.5. The molecular weight excluding hydrogens is 378 g/mol. The summed E-state index contributed by atoms with van der Waals surface area (Å²) >= 11 is 6.43. The number of aromatic nitrogens is 3. The van der Waals surface area contributed by atoms with Crippen molar-refractivity contribution in [3.8, 4) is 5.75 Å². The number of benzene rings is 1. The molecule has 5 rings (SSSR count). The van der Waals surface area contributed by atoms with Crippen molar-refractivity contribution in [3.05, 3.63) is 35.6 Å². The first-order valence-corrected chi connectivity index (χ1v) is 9.74. The van der Waals surface area contributed by atoms with E-state index in [1.165, 1.54) is 12.8 Å². The molecule has 8 heteroatoms. The Bertz CT molecular complexity index is 1090. The molecule has 0 bridgehead atoms. The molecule has 2 aliphatic rings. The van der Waals surface area contributed by atoms with Gasteiger partial charge in [0, 0.05) is 25.3 Å². The Labute approximate surface area is 167 Å². The van der Waals surface area contributed by atoms with Crippen LogP contribution in [0.3, 0.4) is 0 Å². The number of nitrogens with zero attached hydrogens (tertiary/aromatic N) is 4. The summed E-state index contributed by atoms with van der Waals surface area (Å²) in [5, 5.41) is 3.78. The number of halogens is 1. The van der Waals surface area contributed by atoms with Crippen molar-refractivity contribution in [2.24, 2.45) is 5.92 Å². The number of imidazole rings is 1. The number of hydrogen-bond donors (Lipinski definition) is 1. The number of amides is 1. The predicted octanol–water partition coefficient (Wildman–Crippen LogP) is 3.98. The van der Waals surface area contributed by atoms with Crippen LogP contribution in [0.1, 0.15) is 19.8 Å². The van der Waals surface area contributed by atoms with E-state index in [-0.39, 0.29) is 5.91 Å². The largest absolute Gasteiger partial charge is 0.479 e. The molecule has 1 aromatic carbocycles. The zero-order chi connectivity index (χ0) is 19.4. The van der Waals surface area contributed by atoms with Gasteiger partial charge in [-0.1, -0.05) is 11.6 Å². The van der Waals surface area contributed by atoms with Crippen LogP contribution in [0.4, 0.5) is 17.2 Å². The first kappa shape index (κ1) is 17.3. The number of nitrogens with one attached hydrogen (secondary N) is 1. The third-order valence-electron chi connectivity index (χ3n) is 5.26. The van der Waals surface area contributed by atoms with Crippen LogP contribution in [-0.2, 0) is 11.3 Å². The van der Waals surface area contributed by atoms with Crippen molar-refractivity contribution in [3.63, 3.8) is 0 Å². The highest BCUT2D eigenvalue weighted by Gasteiger charge is 2.29. The fraction of sp³-hybridized carbons (Fsp3) is 0.350. The lowest BCUT2D eigenvalue weighted by Gasteiger charge is -2.30. The maximum atomic E-state index is 12.1. The normalized spacial score (nSPS) is 18.9. The lowest BCUT2D eigenvalue weighted by molar-refractivity contribution is -0.125. The van der Waals surface area contributed by atoms with Crippen molar-refractivity contribution in [1.29, 1.82) is 0 Å². The third kappa shape index (κ3) is 2.96. The topological polar surface area (TPSA) is 72.3 Å². The molecule has 28 heavy (non-hydrogen) atoms. The summed E-state index contributed by atoms with van der Waals surface area (Å²) in [6, 6.07) is 7.43. The summed E-state index contributed by atoms with van der Waals surface area (Å²) in [7, 11) is 1.75. The number of likely N-dealkylation sites (N-methyl/N-ethyl adjacent to an activating group) is 1. The second-order valence-electron chi connectivity index (χ2n) is 7.47. The van der Waals surface area contributed by atoms with Gasteiger partial charge in [0.15, 0.2) is 17.6 Å². The predicted molar refractivity (Wildman–Crippen MR) is 108 cm³/mol. The van der Waals surface area contributed by atoms with E-state index in [0.29, 0.717) is 16.6 Å². The van der Waals surface area contributed by atoms with Crippen LogP contribution in [0.15, 0.2) is 30.6 Å². The molecular formula is C20H20ClN5O2. The van der Waals surface area contributed by atoms with E-state index >= 15 is 0 Å². The number of pyridine rings is 1. The lowest BCUT2D eigenvalue weighted by atomic mass is 10.2. The van der Waals surface area contributed by atoms with Crippen molar-refractivity contribution in [2.75, 3.05) is 17.3 Å². The summed E-state index contributed by atoms with van der Waals surface area (Å²) in [5.74, 6) is 1.88. The Kier molecular flexibility index (Phi) is 3.94. The Morgan fingerprint density at radius 2 is 2.14 bits per heavy atom. The molecule has 3 heterocycles. The molecule has 1 atom stereocenters. The SMILES string of the molecule is CC1Oc2cc(Nc3nc4c(cc3Cl)ncn4CC3CC3)ccc2N(C)C1=O. The lowest BCUT2D eigenvalue weighted by Crippen LogP contribution is -2.41. The number of anilines is 3. The summed E-state index contributed by atoms with van der Waals surface area (Å²) in [6.45, 7) is 2.69. The summed E-state index contributed by atoms with van der Waals surface area (Å²) < 4.78 is 7.84. The molecule has 1 fully saturated rings. The van der Waals surface area contributed by atoms with Crippen molar-refractivity contribution in [2.45, 2.75) is 32.4 Å². The Hall–Kier alpha value is -2.80. The molecule has 3 aromatic rings. The number of hydrogen-bond acceptors (Lipinski definition) is 5. The standard InChI is InChI=1S/C20H20ClN5O2/c1-11-20(27)25(2)16-6-5-13(7-17(16)28-11)23-18-14(21)8-15-19(24-18)26(10-22-15)9-12-3-4-12/h5-8,10-12H,3-4,9H2,1-2H3,(H,23,24). The van der Waals surface area contributed by atoms with Gasteiger partial charge in [-0.2, -0.15) is 0 Å². The van der Waals surface area contributed by atoms with Crippen LogP contribution in [0.25, 0.3) is 11.2 Å². The van der Waals surface area contributed by atoms with E-state index in [1.54, 1.807) is 18.9 Å². The van der Waals surface area contributed by atoms with Crippen LogP contribution >= 0.6 is 11.6 Å². The van der Waals surface area contributed by atoms with Gasteiger partial charge in [0.25, 0.3) is 5.91 Å². The van der Waals surface area contributed by atoms with Crippen LogP contribution in [0, 0.1) is 5.92 Å². The van der Waals surface area contributed by atoms with Gasteiger partial charge in [0.05, 0.1) is 17.0 Å². The molecule has 1 N–H and O–H groups in total. The third-order valence-corrected chi connectivity index (χ3v) is 5.55. The maximum absolute atomic E-state index is 12.1. The average Bonchev–Trinajstić information content (AvgIpc) is 3.41. The van der Waals surface area contributed by atoms with Gasteiger partial charge in [-0.25, -0.2) is 9.97 Å². The Balaban J connectivity index is 1.47. The minimum absolute atomic E-state index is 0.0627. The molecule has 0 saturated heterocycles. The Morgan fingerprint density at radius 3 is 2.93 bits per heavy atom. The number of carbonyl (C=O) groups is 1. The molecule has 1 aliphatic carbocycles. The molecule has 1 amide bonds. The van der Waals surface area contributed by atoms with Crippen molar-refractivity contribution in [1.82, 2.24) is 14.5 Å². The van der Waals surface area contributed by atoms with Gasteiger partial charge in [0.1, 0.15) is 11.3 Å². The summed E-state index contributed by atoms with van der Waals surface area (Å²) in [4.78, 5) is 22.8. The number of rotatable bonds is 4. The van der Waals surface area contributed by atoms with Crippen LogP contribution in [0.5, 0.6) is 5.75 Å². The molecule has 2 aromatic heterocycles. The van der Waals surface area contributed by atoms with Gasteiger partial charge in [0.2, 0.25) is 0 Å². The van der Waals surface area contributed by atoms with Gasteiger partial charge >= 0.3 is 0 Å². The second kappa shape index (κ2) is 6.38. The molecule has 0 spiro atoms. The zero-order valence-electron chi connectivity index (χ0n) is 15.6. The Morgan fingerprint density at radius 1 is 1.32 bits per heavy atom. The zero-order valence-corrected chi connectivity index (χ0v) is 16.4. The number of fused-ring (bicyclic) bond motifs is 2. The van der Waals surface area contributed by atoms with E-state index < -0.39 is 6.10 Å². The highest BCUT2D eigenvalue weighted by Crippen LogP contribution is 2.37. The molecule has 144 valence electrons. The van der Waals surface area contributed by atoms with Crippen molar-refractivity contribution < 1.29 is 9.53 Å². The summed E-state index contributed by atoms with van der Waals surface area (Å²) in [5.41, 5.74) is 3.15. The number of ether oxygens (including phenoxy) is 1. The van der Waals surface area contributed by atoms with Gasteiger partial charge in [-0.05, 0) is 43.9 Å². The average molecular weight is 398 g/mol. The van der Waals surface area contributed by atoms with Crippen LogP contribution in [-0.4, -0.2) is 33.6 Å². The summed E-state index contributed by atoms with van der Waals surface area (Å²) in [6.07, 6.45) is 3.85. The van der Waals surface area contributed by atoms with Crippen LogP contribution in [0.2, 0.25) is 5.02 Å². The minimum Gasteiger partial charge on any atom is -0.479 e. The highest BCUT2D eigenvalue weighted by atomic mass is 35.5. The fourth-order valence-electron chi connectivity index (χ4n) is 3.49. The van der Waals surface area contributed by atoms with Gasteiger partial charge in [-0.3, -0.25) is 4.79 Å². The molecule has 1 saturated carbocycles. The van der Waals surface area contributed by atoms with E-state index in [9.17, 15) is 4.79 Å². The molecule has 7 nitrogen and oxygen atoms in total. The maximum Gasteiger partial charge on any atom is 0.267 e. The van der Waals surface area contributed by atoms with Gasteiger partial charge in [-0.15, -0.1) is 0 Å². The smallest absolute Gasteiger partial charge is 0.267 e. The van der Waals surface area contributed by atoms with Crippen LogP contribution < -0.4 is 15.0 Å². The number of carbonyl (C=O) groups excluding carboxylic acids is 1.